The molecule has 7 nitrogen and oxygen atoms in total. The molecule has 0 radical (unpaired) electrons. The molecule has 1 fully saturated rings. The Morgan fingerprint density at radius 1 is 1.20 bits per heavy atom. The molecule has 0 aromatic heterocycles. The summed E-state index contributed by atoms with van der Waals surface area (Å²) in [4.78, 5) is 33.0. The summed E-state index contributed by atoms with van der Waals surface area (Å²) in [6.07, 6.45) is 2.27. The standard InChI is InChI=1S/C26H25ClN4O3S/c1-15-23(25(33)30-19-8-10-21(34-2)11-9-19)24(16-4-3-5-17(27)12-16)31-20(14-35-26(31)28-15)13-22(32)29-18-6-7-18/h3-5,8-12,14,18,24H,6-7,13H2,1-2H3,(H,29,32)(H,30,33). The van der Waals surface area contributed by atoms with Crippen molar-refractivity contribution < 1.29 is 14.3 Å². The van der Waals surface area contributed by atoms with Crippen LogP contribution in [0.4, 0.5) is 5.69 Å². The van der Waals surface area contributed by atoms with E-state index in [0.29, 0.717) is 27.7 Å². The molecule has 0 bridgehead atoms. The number of hydrogen-bond donors (Lipinski definition) is 2. The van der Waals surface area contributed by atoms with E-state index < -0.39 is 6.04 Å². The van der Waals surface area contributed by atoms with E-state index in [0.717, 1.165) is 29.3 Å². The van der Waals surface area contributed by atoms with Gasteiger partial charge in [0.15, 0.2) is 5.17 Å². The lowest BCUT2D eigenvalue weighted by Crippen LogP contribution is -2.39. The van der Waals surface area contributed by atoms with Gasteiger partial charge < -0.3 is 20.3 Å². The van der Waals surface area contributed by atoms with Crippen molar-refractivity contribution >= 4 is 46.0 Å². The lowest BCUT2D eigenvalue weighted by molar-refractivity contribution is -0.120. The molecule has 0 saturated heterocycles. The quantitative estimate of drug-likeness (QED) is 0.535. The maximum Gasteiger partial charge on any atom is 0.255 e. The Kier molecular flexibility index (Phi) is 6.58. The molecule has 180 valence electrons. The van der Waals surface area contributed by atoms with Crippen LogP contribution in [-0.4, -0.2) is 35.0 Å². The van der Waals surface area contributed by atoms with Crippen molar-refractivity contribution in [3.63, 3.8) is 0 Å². The number of allylic oxidation sites excluding steroid dienone is 1. The SMILES string of the molecule is COc1ccc(NC(=O)C2=C(C)N=C3SC=C(CC(=O)NC4CC4)N3C2c2cccc(Cl)c2)cc1. The van der Waals surface area contributed by atoms with Gasteiger partial charge in [-0.3, -0.25) is 9.59 Å². The Balaban J connectivity index is 1.49. The number of ether oxygens (including phenoxy) is 1. The van der Waals surface area contributed by atoms with E-state index in [4.69, 9.17) is 21.3 Å². The number of thioether (sulfide) groups is 1. The second-order valence-electron chi connectivity index (χ2n) is 8.65. The molecule has 3 aliphatic rings. The van der Waals surface area contributed by atoms with Crippen LogP contribution in [-0.2, 0) is 9.59 Å². The number of anilines is 1. The maximum absolute atomic E-state index is 13.6. The molecule has 2 N–H and O–H groups in total. The highest BCUT2D eigenvalue weighted by molar-refractivity contribution is 8.16. The molecular weight excluding hydrogens is 484 g/mol. The Morgan fingerprint density at radius 2 is 1.97 bits per heavy atom. The first-order chi connectivity index (χ1) is 16.9. The minimum Gasteiger partial charge on any atom is -0.497 e. The molecule has 5 rings (SSSR count). The fourth-order valence-electron chi connectivity index (χ4n) is 4.20. The predicted molar refractivity (Wildman–Crippen MR) is 139 cm³/mol. The molecular formula is C26H25ClN4O3S. The van der Waals surface area contributed by atoms with Crippen molar-refractivity contribution in [2.45, 2.75) is 38.3 Å². The van der Waals surface area contributed by atoms with Crippen molar-refractivity contribution in [1.82, 2.24) is 10.2 Å². The van der Waals surface area contributed by atoms with E-state index >= 15 is 0 Å². The van der Waals surface area contributed by atoms with Crippen molar-refractivity contribution in [3.05, 3.63) is 81.5 Å². The van der Waals surface area contributed by atoms with E-state index in [9.17, 15) is 9.59 Å². The van der Waals surface area contributed by atoms with Gasteiger partial charge in [0.25, 0.3) is 5.91 Å². The maximum atomic E-state index is 13.6. The average Bonchev–Trinajstić information content (AvgIpc) is 3.57. The van der Waals surface area contributed by atoms with Gasteiger partial charge in [0.1, 0.15) is 5.75 Å². The number of nitrogens with zero attached hydrogens (tertiary/aromatic N) is 2. The van der Waals surface area contributed by atoms with Gasteiger partial charge in [0.05, 0.1) is 30.8 Å². The average molecular weight is 509 g/mol. The Labute approximate surface area is 213 Å². The molecule has 2 aliphatic heterocycles. The summed E-state index contributed by atoms with van der Waals surface area (Å²) in [5.41, 5.74) is 3.42. The highest BCUT2D eigenvalue weighted by atomic mass is 35.5. The summed E-state index contributed by atoms with van der Waals surface area (Å²) in [7, 11) is 1.60. The van der Waals surface area contributed by atoms with Gasteiger partial charge in [-0.05, 0) is 67.1 Å². The second kappa shape index (κ2) is 9.79. The van der Waals surface area contributed by atoms with Crippen LogP contribution in [0.25, 0.3) is 0 Å². The lowest BCUT2D eigenvalue weighted by Gasteiger charge is -2.36. The van der Waals surface area contributed by atoms with Crippen LogP contribution < -0.4 is 15.4 Å². The highest BCUT2D eigenvalue weighted by Gasteiger charge is 2.41. The molecule has 2 aromatic rings. The van der Waals surface area contributed by atoms with E-state index in [1.807, 2.05) is 35.4 Å². The van der Waals surface area contributed by atoms with Gasteiger partial charge in [-0.2, -0.15) is 0 Å². The summed E-state index contributed by atoms with van der Waals surface area (Å²) in [5, 5.41) is 9.29. The number of hydrogen-bond acceptors (Lipinski definition) is 6. The molecule has 2 amide bonds. The minimum atomic E-state index is -0.477. The number of carbonyl (C=O) groups excluding carboxylic acids is 2. The van der Waals surface area contributed by atoms with Crippen molar-refractivity contribution in [3.8, 4) is 5.75 Å². The van der Waals surface area contributed by atoms with Crippen molar-refractivity contribution in [1.29, 1.82) is 0 Å². The summed E-state index contributed by atoms with van der Waals surface area (Å²) >= 11 is 7.81. The number of nitrogens with one attached hydrogen (secondary N) is 2. The van der Waals surface area contributed by atoms with Gasteiger partial charge in [0, 0.05) is 22.4 Å². The molecule has 1 unspecified atom stereocenters. The third-order valence-electron chi connectivity index (χ3n) is 6.04. The Hall–Kier alpha value is -3.23. The zero-order chi connectivity index (χ0) is 24.5. The number of rotatable bonds is 7. The summed E-state index contributed by atoms with van der Waals surface area (Å²) in [6, 6.07) is 14.4. The molecule has 1 atom stereocenters. The first kappa shape index (κ1) is 23.5. The molecule has 0 spiro atoms. The first-order valence-electron chi connectivity index (χ1n) is 11.4. The lowest BCUT2D eigenvalue weighted by atomic mass is 9.93. The van der Waals surface area contributed by atoms with Gasteiger partial charge >= 0.3 is 0 Å². The van der Waals surface area contributed by atoms with E-state index in [-0.39, 0.29) is 24.3 Å². The van der Waals surface area contributed by atoms with Crippen LogP contribution in [0, 0.1) is 0 Å². The van der Waals surface area contributed by atoms with Gasteiger partial charge in [-0.25, -0.2) is 4.99 Å². The fraction of sp³-hybridized carbons (Fsp3) is 0.269. The molecule has 2 aromatic carbocycles. The monoisotopic (exact) mass is 508 g/mol. The summed E-state index contributed by atoms with van der Waals surface area (Å²) in [5.74, 6) is 0.413. The molecule has 9 heteroatoms. The number of aliphatic imine (C=N–C) groups is 1. The first-order valence-corrected chi connectivity index (χ1v) is 12.6. The number of halogens is 1. The number of amidine groups is 1. The number of amides is 2. The molecule has 35 heavy (non-hydrogen) atoms. The van der Waals surface area contributed by atoms with Crippen LogP contribution in [0.3, 0.4) is 0 Å². The van der Waals surface area contributed by atoms with E-state index in [2.05, 4.69) is 10.6 Å². The normalized spacial score (nSPS) is 19.1. The van der Waals surface area contributed by atoms with Gasteiger partial charge in [0.2, 0.25) is 5.91 Å². The third kappa shape index (κ3) is 5.09. The number of methoxy groups -OCH3 is 1. The van der Waals surface area contributed by atoms with E-state index in [1.165, 1.54) is 11.8 Å². The summed E-state index contributed by atoms with van der Waals surface area (Å²) in [6.45, 7) is 1.84. The van der Waals surface area contributed by atoms with Crippen LogP contribution in [0.2, 0.25) is 5.02 Å². The Bertz CT molecular complexity index is 1270. The van der Waals surface area contributed by atoms with Crippen LogP contribution in [0.5, 0.6) is 5.75 Å². The van der Waals surface area contributed by atoms with Crippen LogP contribution >= 0.6 is 23.4 Å². The van der Waals surface area contributed by atoms with E-state index in [1.54, 1.807) is 37.4 Å². The molecule has 1 aliphatic carbocycles. The molecule has 2 heterocycles. The second-order valence-corrected chi connectivity index (χ2v) is 9.92. The highest BCUT2D eigenvalue weighted by Crippen LogP contribution is 2.45. The smallest absolute Gasteiger partial charge is 0.255 e. The van der Waals surface area contributed by atoms with Crippen LogP contribution in [0.15, 0.2) is 75.9 Å². The van der Waals surface area contributed by atoms with Gasteiger partial charge in [-0.15, -0.1) is 0 Å². The summed E-state index contributed by atoms with van der Waals surface area (Å²) < 4.78 is 5.21. The zero-order valence-electron chi connectivity index (χ0n) is 19.4. The minimum absolute atomic E-state index is 0.0269. The van der Waals surface area contributed by atoms with Gasteiger partial charge in [-0.1, -0.05) is 35.5 Å². The number of fused-ring (bicyclic) bond motifs is 1. The third-order valence-corrected chi connectivity index (χ3v) is 7.17. The van der Waals surface area contributed by atoms with Crippen LogP contribution in [0.1, 0.15) is 37.8 Å². The predicted octanol–water partition coefficient (Wildman–Crippen LogP) is 5.23. The molecule has 1 saturated carbocycles. The number of carbonyl (C=O) groups is 2. The fourth-order valence-corrected chi connectivity index (χ4v) is 5.36. The van der Waals surface area contributed by atoms with Crippen molar-refractivity contribution in [2.24, 2.45) is 4.99 Å². The Morgan fingerprint density at radius 3 is 2.66 bits per heavy atom. The zero-order valence-corrected chi connectivity index (χ0v) is 20.9. The largest absolute Gasteiger partial charge is 0.497 e. The number of benzene rings is 2. The van der Waals surface area contributed by atoms with Crippen molar-refractivity contribution in [2.75, 3.05) is 12.4 Å². The topological polar surface area (TPSA) is 83.0 Å².